The third-order valence-electron chi connectivity index (χ3n) is 1.85. The molecule has 0 unspecified atom stereocenters. The van der Waals surface area contributed by atoms with E-state index >= 15 is 0 Å². The summed E-state index contributed by atoms with van der Waals surface area (Å²) in [5.74, 6) is -4.63. The topological polar surface area (TPSA) is 138 Å². The largest absolute Gasteiger partial charge is 0.501 e. The summed E-state index contributed by atoms with van der Waals surface area (Å²) in [6.45, 7) is 0. The summed E-state index contributed by atoms with van der Waals surface area (Å²) in [6, 6.07) is 0.635. The molecule has 1 aromatic rings. The summed E-state index contributed by atoms with van der Waals surface area (Å²) >= 11 is 5.37. The number of halogens is 1. The molecule has 0 aliphatic heterocycles. The van der Waals surface area contributed by atoms with Crippen molar-refractivity contribution in [3.05, 3.63) is 32.3 Å². The molecule has 9 heteroatoms. The van der Waals surface area contributed by atoms with E-state index in [4.69, 9.17) is 21.8 Å². The standard InChI is InChI=1S/C8H4ClNO7/c9-3-1-2(7(12)13)4(8(14)15)5(6(3)11)10(16)17/h1,11H,(H,12,13)(H,14,15). The molecule has 3 N–H and O–H groups in total. The van der Waals surface area contributed by atoms with E-state index in [0.29, 0.717) is 6.07 Å². The van der Waals surface area contributed by atoms with Crippen molar-refractivity contribution < 1.29 is 29.8 Å². The van der Waals surface area contributed by atoms with Crippen molar-refractivity contribution in [3.8, 4) is 5.75 Å². The maximum Gasteiger partial charge on any atom is 0.343 e. The molecular weight excluding hydrogens is 258 g/mol. The normalized spacial score (nSPS) is 9.94. The third-order valence-corrected chi connectivity index (χ3v) is 2.14. The zero-order valence-electron chi connectivity index (χ0n) is 7.88. The second-order valence-electron chi connectivity index (χ2n) is 2.85. The van der Waals surface area contributed by atoms with Gasteiger partial charge in [-0.2, -0.15) is 0 Å². The lowest BCUT2D eigenvalue weighted by atomic mass is 10.0. The number of nitrogens with zero attached hydrogens (tertiary/aromatic N) is 1. The van der Waals surface area contributed by atoms with Crippen molar-refractivity contribution in [3.63, 3.8) is 0 Å². The summed E-state index contributed by atoms with van der Waals surface area (Å²) in [7, 11) is 0. The fourth-order valence-electron chi connectivity index (χ4n) is 1.19. The summed E-state index contributed by atoms with van der Waals surface area (Å²) < 4.78 is 0. The van der Waals surface area contributed by atoms with E-state index in [-0.39, 0.29) is 0 Å². The molecule has 1 rings (SSSR count). The van der Waals surface area contributed by atoms with E-state index in [2.05, 4.69) is 0 Å². The Morgan fingerprint density at radius 1 is 1.29 bits per heavy atom. The van der Waals surface area contributed by atoms with Gasteiger partial charge in [0.05, 0.1) is 15.5 Å². The minimum Gasteiger partial charge on any atom is -0.501 e. The molecule has 0 saturated heterocycles. The molecule has 0 radical (unpaired) electrons. The zero-order chi connectivity index (χ0) is 13.3. The molecule has 0 spiro atoms. The molecule has 17 heavy (non-hydrogen) atoms. The van der Waals surface area contributed by atoms with Crippen LogP contribution in [0, 0.1) is 10.1 Å². The predicted molar refractivity (Wildman–Crippen MR) is 53.7 cm³/mol. The number of hydrogen-bond acceptors (Lipinski definition) is 5. The highest BCUT2D eigenvalue weighted by Crippen LogP contribution is 2.38. The average Bonchev–Trinajstić information content (AvgIpc) is 2.19. The van der Waals surface area contributed by atoms with Gasteiger partial charge >= 0.3 is 17.6 Å². The van der Waals surface area contributed by atoms with Crippen molar-refractivity contribution in [2.24, 2.45) is 0 Å². The van der Waals surface area contributed by atoms with Crippen LogP contribution < -0.4 is 0 Å². The predicted octanol–water partition coefficient (Wildman–Crippen LogP) is 1.35. The number of nitro benzene ring substituents is 1. The molecule has 0 heterocycles. The van der Waals surface area contributed by atoms with Crippen LogP contribution in [0.25, 0.3) is 0 Å². The first-order valence-electron chi connectivity index (χ1n) is 3.93. The fourth-order valence-corrected chi connectivity index (χ4v) is 1.39. The summed E-state index contributed by atoms with van der Waals surface area (Å²) in [5.41, 5.74) is -3.24. The van der Waals surface area contributed by atoms with Crippen molar-refractivity contribution >= 4 is 29.2 Å². The van der Waals surface area contributed by atoms with E-state index in [1.54, 1.807) is 0 Å². The lowest BCUT2D eigenvalue weighted by molar-refractivity contribution is -0.386. The van der Waals surface area contributed by atoms with Crippen LogP contribution in [-0.4, -0.2) is 32.2 Å². The number of phenolic OH excluding ortho intramolecular Hbond substituents is 1. The third kappa shape index (κ3) is 2.11. The molecule has 90 valence electrons. The van der Waals surface area contributed by atoms with Crippen LogP contribution in [0.3, 0.4) is 0 Å². The van der Waals surface area contributed by atoms with Crippen LogP contribution in [0.2, 0.25) is 5.02 Å². The highest BCUT2D eigenvalue weighted by atomic mass is 35.5. The van der Waals surface area contributed by atoms with Gasteiger partial charge in [-0.25, -0.2) is 9.59 Å². The van der Waals surface area contributed by atoms with Crippen LogP contribution in [0.5, 0.6) is 5.75 Å². The molecule has 0 atom stereocenters. The first-order valence-corrected chi connectivity index (χ1v) is 4.31. The Kier molecular flexibility index (Phi) is 3.19. The Balaban J connectivity index is 3.83. The van der Waals surface area contributed by atoms with Gasteiger partial charge < -0.3 is 15.3 Å². The smallest absolute Gasteiger partial charge is 0.343 e. The zero-order valence-corrected chi connectivity index (χ0v) is 8.63. The van der Waals surface area contributed by atoms with Crippen LogP contribution in [0.1, 0.15) is 20.7 Å². The molecule has 0 fully saturated rings. The molecule has 8 nitrogen and oxygen atoms in total. The van der Waals surface area contributed by atoms with Gasteiger partial charge in [0.25, 0.3) is 0 Å². The van der Waals surface area contributed by atoms with E-state index in [1.807, 2.05) is 0 Å². The Hall–Kier alpha value is -2.35. The maximum atomic E-state index is 10.8. The average molecular weight is 262 g/mol. The van der Waals surface area contributed by atoms with E-state index in [0.717, 1.165) is 0 Å². The van der Waals surface area contributed by atoms with Gasteiger partial charge in [0.1, 0.15) is 0 Å². The van der Waals surface area contributed by atoms with Crippen molar-refractivity contribution in [1.82, 2.24) is 0 Å². The minimum atomic E-state index is -1.85. The quantitative estimate of drug-likeness (QED) is 0.551. The molecule has 0 aromatic heterocycles. The second-order valence-corrected chi connectivity index (χ2v) is 3.25. The van der Waals surface area contributed by atoms with Gasteiger partial charge in [0, 0.05) is 0 Å². The first kappa shape index (κ1) is 12.7. The van der Waals surface area contributed by atoms with Gasteiger partial charge in [0.2, 0.25) is 5.75 Å². The van der Waals surface area contributed by atoms with Crippen molar-refractivity contribution in [2.75, 3.05) is 0 Å². The van der Waals surface area contributed by atoms with E-state index in [9.17, 15) is 24.8 Å². The van der Waals surface area contributed by atoms with Crippen LogP contribution >= 0.6 is 11.6 Å². The second kappa shape index (κ2) is 4.26. The van der Waals surface area contributed by atoms with Crippen LogP contribution in [-0.2, 0) is 0 Å². The number of carboxylic acids is 2. The van der Waals surface area contributed by atoms with Gasteiger partial charge in [-0.15, -0.1) is 0 Å². The molecular formula is C8H4ClNO7. The number of aromatic hydroxyl groups is 1. The van der Waals surface area contributed by atoms with Crippen molar-refractivity contribution in [1.29, 1.82) is 0 Å². The Labute approximate surface area is 97.8 Å². The van der Waals surface area contributed by atoms with E-state index in [1.165, 1.54) is 0 Å². The van der Waals surface area contributed by atoms with Gasteiger partial charge in [0.15, 0.2) is 5.56 Å². The van der Waals surface area contributed by atoms with Crippen LogP contribution in [0.4, 0.5) is 5.69 Å². The molecule has 0 saturated carbocycles. The summed E-state index contributed by atoms with van der Waals surface area (Å²) in [4.78, 5) is 30.9. The lowest BCUT2D eigenvalue weighted by Gasteiger charge is -2.05. The van der Waals surface area contributed by atoms with Gasteiger partial charge in [-0.05, 0) is 6.07 Å². The SMILES string of the molecule is O=C(O)c1cc(Cl)c(O)c([N+](=O)[O-])c1C(=O)O. The molecule has 0 aliphatic carbocycles. The number of benzene rings is 1. The number of hydrogen-bond donors (Lipinski definition) is 3. The van der Waals surface area contributed by atoms with Crippen LogP contribution in [0.15, 0.2) is 6.07 Å². The molecule has 0 aliphatic rings. The Bertz CT molecular complexity index is 539. The number of nitro groups is 1. The summed E-state index contributed by atoms with van der Waals surface area (Å²) in [5, 5.41) is 36.7. The highest BCUT2D eigenvalue weighted by Gasteiger charge is 2.33. The number of rotatable bonds is 3. The maximum absolute atomic E-state index is 10.8. The lowest BCUT2D eigenvalue weighted by Crippen LogP contribution is -2.11. The number of carboxylic acid groups (broad SMARTS) is 2. The van der Waals surface area contributed by atoms with Gasteiger partial charge in [-0.1, -0.05) is 11.6 Å². The number of aromatic carboxylic acids is 2. The minimum absolute atomic E-state index is 0.612. The monoisotopic (exact) mass is 261 g/mol. The molecule has 0 amide bonds. The van der Waals surface area contributed by atoms with Crippen molar-refractivity contribution in [2.45, 2.75) is 0 Å². The number of carbonyl (C=O) groups is 2. The first-order chi connectivity index (χ1) is 7.77. The molecule has 0 bridgehead atoms. The Morgan fingerprint density at radius 3 is 2.18 bits per heavy atom. The highest BCUT2D eigenvalue weighted by molar-refractivity contribution is 6.33. The Morgan fingerprint density at radius 2 is 1.82 bits per heavy atom. The summed E-state index contributed by atoms with van der Waals surface area (Å²) in [6.07, 6.45) is 0. The van der Waals surface area contributed by atoms with E-state index < -0.39 is 44.4 Å². The fraction of sp³-hybridized carbons (Fsp3) is 0. The molecule has 1 aromatic carbocycles. The van der Waals surface area contributed by atoms with Gasteiger partial charge in [-0.3, -0.25) is 10.1 Å². The number of phenols is 1.